The van der Waals surface area contributed by atoms with Gasteiger partial charge in [0.15, 0.2) is 16.1 Å². The van der Waals surface area contributed by atoms with E-state index in [1.807, 2.05) is 37.3 Å². The summed E-state index contributed by atoms with van der Waals surface area (Å²) >= 11 is 4.92. The Kier molecular flexibility index (Phi) is 4.31. The third-order valence-corrected chi connectivity index (χ3v) is 4.88. The summed E-state index contributed by atoms with van der Waals surface area (Å²) in [5.41, 5.74) is 1.78. The summed E-state index contributed by atoms with van der Waals surface area (Å²) in [7, 11) is 0. The molecule has 0 saturated heterocycles. The topological polar surface area (TPSA) is 43.1 Å². The highest BCUT2D eigenvalue weighted by Crippen LogP contribution is 2.38. The Labute approximate surface area is 136 Å². The number of carbonyl (C=O) groups excluding carboxylic acids is 1. The normalized spacial score (nSPS) is 15.6. The summed E-state index contributed by atoms with van der Waals surface area (Å²) in [6.45, 7) is 1.87. The fraction of sp³-hybridized carbons (Fsp3) is 0.250. The van der Waals surface area contributed by atoms with E-state index in [-0.39, 0.29) is 5.78 Å². The van der Waals surface area contributed by atoms with Crippen molar-refractivity contribution in [2.75, 3.05) is 0 Å². The fourth-order valence-corrected chi connectivity index (χ4v) is 3.71. The van der Waals surface area contributed by atoms with Crippen LogP contribution in [-0.4, -0.2) is 10.8 Å². The molecule has 1 aromatic carbocycles. The van der Waals surface area contributed by atoms with Crippen LogP contribution in [0, 0.1) is 0 Å². The minimum Gasteiger partial charge on any atom is -0.430 e. The first-order valence-corrected chi connectivity index (χ1v) is 8.38. The summed E-state index contributed by atoms with van der Waals surface area (Å²) in [5.74, 6) is 0.899. The maximum atomic E-state index is 11.8. The van der Waals surface area contributed by atoms with Crippen molar-refractivity contribution < 1.29 is 9.21 Å². The van der Waals surface area contributed by atoms with Crippen LogP contribution in [0.2, 0.25) is 0 Å². The van der Waals surface area contributed by atoms with Crippen LogP contribution in [0.1, 0.15) is 31.9 Å². The molecular formula is C16H14BrNO2S. The van der Waals surface area contributed by atoms with Gasteiger partial charge in [0, 0.05) is 16.9 Å². The second kappa shape index (κ2) is 6.20. The van der Waals surface area contributed by atoms with Gasteiger partial charge in [-0.25, -0.2) is 0 Å². The number of ketones is 1. The zero-order chi connectivity index (χ0) is 14.8. The number of allylic oxidation sites excluding steroid dienone is 2. The van der Waals surface area contributed by atoms with E-state index in [0.717, 1.165) is 28.9 Å². The van der Waals surface area contributed by atoms with Crippen LogP contribution in [-0.2, 0) is 4.79 Å². The molecule has 5 heteroatoms. The van der Waals surface area contributed by atoms with Crippen LogP contribution in [0.3, 0.4) is 0 Å². The maximum absolute atomic E-state index is 11.8. The van der Waals surface area contributed by atoms with Crippen molar-refractivity contribution in [2.45, 2.75) is 36.3 Å². The summed E-state index contributed by atoms with van der Waals surface area (Å²) in [5, 5.41) is 0.585. The molecule has 21 heavy (non-hydrogen) atoms. The Hall–Kier alpha value is -1.33. The van der Waals surface area contributed by atoms with Crippen LogP contribution in [0.15, 0.2) is 55.0 Å². The molecule has 3 rings (SSSR count). The van der Waals surface area contributed by atoms with Crippen molar-refractivity contribution in [3.05, 3.63) is 46.3 Å². The standard InChI is InChI=1S/C16H14BrNO2S/c1-10-12(8-5-9-13(10)19)14-15(17)18-16(20-14)21-11-6-3-2-4-7-11/h2-4,6-7H,5,8-9H2,1H3. The first-order chi connectivity index (χ1) is 10.1. The fourth-order valence-electron chi connectivity index (χ4n) is 2.36. The predicted octanol–water partition coefficient (Wildman–Crippen LogP) is 5.11. The van der Waals surface area contributed by atoms with Gasteiger partial charge in [0.1, 0.15) is 0 Å². The molecule has 2 aromatic rings. The molecule has 0 atom stereocenters. The number of Topliss-reactive ketones (excluding diaryl/α,β-unsaturated/α-hetero) is 1. The highest BCUT2D eigenvalue weighted by molar-refractivity contribution is 9.10. The molecule has 0 aliphatic heterocycles. The molecule has 0 radical (unpaired) electrons. The third kappa shape index (κ3) is 3.14. The molecule has 1 heterocycles. The zero-order valence-electron chi connectivity index (χ0n) is 11.6. The second-order valence-electron chi connectivity index (χ2n) is 4.90. The van der Waals surface area contributed by atoms with E-state index in [9.17, 15) is 4.79 Å². The van der Waals surface area contributed by atoms with Gasteiger partial charge in [0.25, 0.3) is 5.22 Å². The van der Waals surface area contributed by atoms with Gasteiger partial charge >= 0.3 is 0 Å². The first-order valence-electron chi connectivity index (χ1n) is 6.77. The maximum Gasteiger partial charge on any atom is 0.262 e. The van der Waals surface area contributed by atoms with Crippen molar-refractivity contribution in [1.29, 1.82) is 0 Å². The molecule has 0 saturated carbocycles. The van der Waals surface area contributed by atoms with Crippen LogP contribution < -0.4 is 0 Å². The van der Waals surface area contributed by atoms with Crippen LogP contribution >= 0.6 is 27.7 Å². The largest absolute Gasteiger partial charge is 0.430 e. The number of aromatic nitrogens is 1. The van der Waals surface area contributed by atoms with Crippen molar-refractivity contribution in [2.24, 2.45) is 0 Å². The van der Waals surface area contributed by atoms with E-state index >= 15 is 0 Å². The molecule has 0 amide bonds. The van der Waals surface area contributed by atoms with Gasteiger partial charge in [-0.1, -0.05) is 18.2 Å². The average molecular weight is 364 g/mol. The molecule has 3 nitrogen and oxygen atoms in total. The van der Waals surface area contributed by atoms with E-state index in [0.29, 0.717) is 22.0 Å². The third-order valence-electron chi connectivity index (χ3n) is 3.49. The lowest BCUT2D eigenvalue weighted by Crippen LogP contribution is -2.08. The van der Waals surface area contributed by atoms with Crippen LogP contribution in [0.4, 0.5) is 0 Å². The minimum atomic E-state index is 0.205. The Morgan fingerprint density at radius 3 is 2.76 bits per heavy atom. The number of carbonyl (C=O) groups is 1. The second-order valence-corrected chi connectivity index (χ2v) is 6.67. The quantitative estimate of drug-likeness (QED) is 0.759. The summed E-state index contributed by atoms with van der Waals surface area (Å²) in [6, 6.07) is 9.96. The summed E-state index contributed by atoms with van der Waals surface area (Å²) in [6.07, 6.45) is 2.37. The number of halogens is 1. The van der Waals surface area contributed by atoms with Crippen molar-refractivity contribution in [3.63, 3.8) is 0 Å². The molecule has 1 aliphatic rings. The molecule has 0 unspecified atom stereocenters. The molecule has 0 spiro atoms. The Balaban J connectivity index is 1.92. The lowest BCUT2D eigenvalue weighted by atomic mass is 9.90. The molecule has 1 aromatic heterocycles. The van der Waals surface area contributed by atoms with Gasteiger partial charge in [0.2, 0.25) is 0 Å². The summed E-state index contributed by atoms with van der Waals surface area (Å²) in [4.78, 5) is 17.3. The SMILES string of the molecule is CC1=C(c2oc(Sc3ccccc3)nc2Br)CCCC1=O. The molecule has 1 aliphatic carbocycles. The van der Waals surface area contributed by atoms with Gasteiger partial charge < -0.3 is 4.42 Å². The van der Waals surface area contributed by atoms with Crippen molar-refractivity contribution >= 4 is 39.0 Å². The highest BCUT2D eigenvalue weighted by Gasteiger charge is 2.23. The van der Waals surface area contributed by atoms with Crippen molar-refractivity contribution in [3.8, 4) is 0 Å². The molecule has 0 fully saturated rings. The lowest BCUT2D eigenvalue weighted by Gasteiger charge is -2.14. The minimum absolute atomic E-state index is 0.205. The van der Waals surface area contributed by atoms with E-state index in [1.54, 1.807) is 0 Å². The van der Waals surface area contributed by atoms with Crippen LogP contribution in [0.25, 0.3) is 5.57 Å². The van der Waals surface area contributed by atoms with Gasteiger partial charge in [0.05, 0.1) is 0 Å². The number of nitrogens with zero attached hydrogens (tertiary/aromatic N) is 1. The summed E-state index contributed by atoms with van der Waals surface area (Å²) < 4.78 is 6.54. The van der Waals surface area contributed by atoms with Gasteiger partial charge in [-0.3, -0.25) is 4.79 Å². The number of hydrogen-bond donors (Lipinski definition) is 0. The Morgan fingerprint density at radius 1 is 1.24 bits per heavy atom. The van der Waals surface area contributed by atoms with E-state index in [2.05, 4.69) is 20.9 Å². The molecule has 0 bridgehead atoms. The van der Waals surface area contributed by atoms with E-state index in [4.69, 9.17) is 4.42 Å². The molecule has 0 N–H and O–H groups in total. The predicted molar refractivity (Wildman–Crippen MR) is 86.2 cm³/mol. The van der Waals surface area contributed by atoms with Gasteiger partial charge in [-0.2, -0.15) is 4.98 Å². The number of oxazole rings is 1. The number of benzene rings is 1. The number of hydrogen-bond acceptors (Lipinski definition) is 4. The molecular weight excluding hydrogens is 350 g/mol. The highest BCUT2D eigenvalue weighted by atomic mass is 79.9. The van der Waals surface area contributed by atoms with Crippen molar-refractivity contribution in [1.82, 2.24) is 4.98 Å². The lowest BCUT2D eigenvalue weighted by molar-refractivity contribution is -0.115. The average Bonchev–Trinajstić information content (AvgIpc) is 2.83. The smallest absolute Gasteiger partial charge is 0.262 e. The van der Waals surface area contributed by atoms with Gasteiger partial charge in [-0.05, 0) is 65.2 Å². The van der Waals surface area contributed by atoms with Gasteiger partial charge in [-0.15, -0.1) is 0 Å². The Bertz CT molecular complexity index is 706. The van der Waals surface area contributed by atoms with Crippen LogP contribution in [0.5, 0.6) is 0 Å². The number of rotatable bonds is 3. The zero-order valence-corrected chi connectivity index (χ0v) is 14.0. The van der Waals surface area contributed by atoms with E-state index in [1.165, 1.54) is 11.8 Å². The monoisotopic (exact) mass is 363 g/mol. The molecule has 108 valence electrons. The first kappa shape index (κ1) is 14.6. The van der Waals surface area contributed by atoms with E-state index < -0.39 is 0 Å². The Morgan fingerprint density at radius 2 is 2.00 bits per heavy atom.